The van der Waals surface area contributed by atoms with E-state index in [1.165, 1.54) is 11.8 Å². The van der Waals surface area contributed by atoms with E-state index < -0.39 is 0 Å². The molecule has 3 rings (SSSR count). The quantitative estimate of drug-likeness (QED) is 0.447. The van der Waals surface area contributed by atoms with Gasteiger partial charge in [-0.25, -0.2) is 0 Å². The third kappa shape index (κ3) is 4.65. The zero-order chi connectivity index (χ0) is 18.4. The van der Waals surface area contributed by atoms with Crippen molar-refractivity contribution in [2.24, 2.45) is 0 Å². The van der Waals surface area contributed by atoms with E-state index in [-0.39, 0.29) is 11.7 Å². The van der Waals surface area contributed by atoms with E-state index >= 15 is 0 Å². The molecule has 0 spiro atoms. The van der Waals surface area contributed by atoms with Gasteiger partial charge in [0.15, 0.2) is 11.0 Å². The van der Waals surface area contributed by atoms with Crippen LogP contribution in [0.25, 0.3) is 11.4 Å². The zero-order valence-electron chi connectivity index (χ0n) is 14.3. The Labute approximate surface area is 161 Å². The summed E-state index contributed by atoms with van der Waals surface area (Å²) < 4.78 is 7.00. The second-order valence-corrected chi connectivity index (χ2v) is 6.86. The van der Waals surface area contributed by atoms with Crippen LogP contribution < -0.4 is 0 Å². The highest BCUT2D eigenvalue weighted by Crippen LogP contribution is 2.26. The molecule has 0 atom stereocenters. The topological polar surface area (TPSA) is 57.0 Å². The van der Waals surface area contributed by atoms with E-state index in [2.05, 4.69) is 10.2 Å². The summed E-state index contributed by atoms with van der Waals surface area (Å²) in [4.78, 5) is 11.7. The smallest absolute Gasteiger partial charge is 0.316 e. The summed E-state index contributed by atoms with van der Waals surface area (Å²) in [6, 6.07) is 17.5. The van der Waals surface area contributed by atoms with E-state index in [0.29, 0.717) is 23.3 Å². The molecule has 0 saturated heterocycles. The molecule has 7 heteroatoms. The number of hydrogen-bond acceptors (Lipinski definition) is 5. The lowest BCUT2D eigenvalue weighted by atomic mass is 10.2. The van der Waals surface area contributed by atoms with Crippen LogP contribution in [0.3, 0.4) is 0 Å². The number of hydrogen-bond donors (Lipinski definition) is 0. The SMILES string of the molecule is CCOC(=O)CSc1nnc(-c2ccc(Cl)cc2)n1Cc1ccccc1. The standard InChI is InChI=1S/C19H18ClN3O2S/c1-2-25-17(24)13-26-19-22-21-18(15-8-10-16(20)11-9-15)23(19)12-14-6-4-3-5-7-14/h3-11H,2,12-13H2,1H3. The van der Waals surface area contributed by atoms with Crippen LogP contribution in [-0.2, 0) is 16.1 Å². The second kappa shape index (κ2) is 8.87. The number of thioether (sulfide) groups is 1. The van der Waals surface area contributed by atoms with E-state index in [4.69, 9.17) is 16.3 Å². The summed E-state index contributed by atoms with van der Waals surface area (Å²) in [6.45, 7) is 2.77. The van der Waals surface area contributed by atoms with Gasteiger partial charge in [-0.3, -0.25) is 9.36 Å². The maximum Gasteiger partial charge on any atom is 0.316 e. The number of carbonyl (C=O) groups excluding carboxylic acids is 1. The molecule has 3 aromatic rings. The first-order valence-corrected chi connectivity index (χ1v) is 9.55. The first-order chi connectivity index (χ1) is 12.7. The predicted octanol–water partition coefficient (Wildman–Crippen LogP) is 4.30. The fourth-order valence-corrected chi connectivity index (χ4v) is 3.30. The number of halogens is 1. The van der Waals surface area contributed by atoms with Gasteiger partial charge in [-0.05, 0) is 36.8 Å². The number of rotatable bonds is 7. The third-order valence-corrected chi connectivity index (χ3v) is 4.82. The van der Waals surface area contributed by atoms with Crippen LogP contribution >= 0.6 is 23.4 Å². The third-order valence-electron chi connectivity index (χ3n) is 3.63. The van der Waals surface area contributed by atoms with Crippen molar-refractivity contribution in [1.82, 2.24) is 14.8 Å². The summed E-state index contributed by atoms with van der Waals surface area (Å²) in [7, 11) is 0. The Balaban J connectivity index is 1.91. The largest absolute Gasteiger partial charge is 0.465 e. The molecular weight excluding hydrogens is 370 g/mol. The van der Waals surface area contributed by atoms with Gasteiger partial charge in [-0.15, -0.1) is 10.2 Å². The van der Waals surface area contributed by atoms with E-state index in [0.717, 1.165) is 17.0 Å². The van der Waals surface area contributed by atoms with Crippen LogP contribution in [0.4, 0.5) is 0 Å². The van der Waals surface area contributed by atoms with Gasteiger partial charge in [0.05, 0.1) is 18.9 Å². The van der Waals surface area contributed by atoms with Crippen molar-refractivity contribution in [3.63, 3.8) is 0 Å². The van der Waals surface area contributed by atoms with Gasteiger partial charge in [0.2, 0.25) is 0 Å². The first kappa shape index (κ1) is 18.5. The molecule has 0 aliphatic heterocycles. The maximum absolute atomic E-state index is 11.7. The van der Waals surface area contributed by atoms with Gasteiger partial charge in [-0.2, -0.15) is 0 Å². The highest BCUT2D eigenvalue weighted by molar-refractivity contribution is 7.99. The van der Waals surface area contributed by atoms with Gasteiger partial charge < -0.3 is 4.74 Å². The van der Waals surface area contributed by atoms with Crippen LogP contribution in [0.1, 0.15) is 12.5 Å². The summed E-state index contributed by atoms with van der Waals surface area (Å²) in [5.74, 6) is 0.665. The average molecular weight is 388 g/mol. The summed E-state index contributed by atoms with van der Waals surface area (Å²) in [5.41, 5.74) is 2.04. The van der Waals surface area contributed by atoms with Crippen molar-refractivity contribution in [1.29, 1.82) is 0 Å². The van der Waals surface area contributed by atoms with Crippen molar-refractivity contribution in [2.75, 3.05) is 12.4 Å². The monoisotopic (exact) mass is 387 g/mol. The molecule has 26 heavy (non-hydrogen) atoms. The van der Waals surface area contributed by atoms with Crippen molar-refractivity contribution in [3.05, 3.63) is 65.2 Å². The molecule has 5 nitrogen and oxygen atoms in total. The second-order valence-electron chi connectivity index (χ2n) is 5.48. The van der Waals surface area contributed by atoms with E-state index in [9.17, 15) is 4.79 Å². The summed E-state index contributed by atoms with van der Waals surface area (Å²) in [6.07, 6.45) is 0. The number of aromatic nitrogens is 3. The maximum atomic E-state index is 11.7. The number of carbonyl (C=O) groups is 1. The molecule has 1 aromatic heterocycles. The summed E-state index contributed by atoms with van der Waals surface area (Å²) >= 11 is 7.31. The molecule has 1 heterocycles. The lowest BCUT2D eigenvalue weighted by Gasteiger charge is -2.10. The average Bonchev–Trinajstić information content (AvgIpc) is 3.04. The van der Waals surface area contributed by atoms with Crippen molar-refractivity contribution >= 4 is 29.3 Å². The Bertz CT molecular complexity index is 866. The molecule has 0 unspecified atom stereocenters. The molecule has 2 aromatic carbocycles. The van der Waals surface area contributed by atoms with Crippen LogP contribution in [0.5, 0.6) is 0 Å². The molecule has 0 amide bonds. The van der Waals surface area contributed by atoms with Crippen LogP contribution in [-0.4, -0.2) is 33.1 Å². The molecule has 0 saturated carbocycles. The van der Waals surface area contributed by atoms with Gasteiger partial charge in [-0.1, -0.05) is 53.7 Å². The molecule has 134 valence electrons. The molecule has 0 N–H and O–H groups in total. The molecular formula is C19H18ClN3O2S. The number of benzene rings is 2. The van der Waals surface area contributed by atoms with Crippen molar-refractivity contribution < 1.29 is 9.53 Å². The zero-order valence-corrected chi connectivity index (χ0v) is 15.8. The van der Waals surface area contributed by atoms with Crippen molar-refractivity contribution in [2.45, 2.75) is 18.6 Å². The van der Waals surface area contributed by atoms with Gasteiger partial charge in [0.1, 0.15) is 0 Å². The lowest BCUT2D eigenvalue weighted by molar-refractivity contribution is -0.139. The van der Waals surface area contributed by atoms with Gasteiger partial charge in [0.25, 0.3) is 0 Å². The van der Waals surface area contributed by atoms with Crippen LogP contribution in [0, 0.1) is 0 Å². The van der Waals surface area contributed by atoms with Crippen LogP contribution in [0.2, 0.25) is 5.02 Å². The fraction of sp³-hybridized carbons (Fsp3) is 0.211. The Hall–Kier alpha value is -2.31. The van der Waals surface area contributed by atoms with E-state index in [1.807, 2.05) is 59.2 Å². The Morgan fingerprint density at radius 1 is 1.12 bits per heavy atom. The fourth-order valence-electron chi connectivity index (χ4n) is 2.44. The Morgan fingerprint density at radius 2 is 1.85 bits per heavy atom. The summed E-state index contributed by atoms with van der Waals surface area (Å²) in [5, 5.41) is 9.95. The molecule has 0 bridgehead atoms. The van der Waals surface area contributed by atoms with Crippen molar-refractivity contribution in [3.8, 4) is 11.4 Å². The molecule has 0 fully saturated rings. The predicted molar refractivity (Wildman–Crippen MR) is 103 cm³/mol. The minimum absolute atomic E-state index is 0.196. The Morgan fingerprint density at radius 3 is 2.54 bits per heavy atom. The molecule has 0 aliphatic rings. The molecule has 0 aliphatic carbocycles. The Kier molecular flexibility index (Phi) is 6.30. The highest BCUT2D eigenvalue weighted by atomic mass is 35.5. The number of nitrogens with zero attached hydrogens (tertiary/aromatic N) is 3. The number of ether oxygens (including phenoxy) is 1. The normalized spacial score (nSPS) is 10.7. The first-order valence-electron chi connectivity index (χ1n) is 8.19. The minimum Gasteiger partial charge on any atom is -0.465 e. The van der Waals surface area contributed by atoms with Gasteiger partial charge >= 0.3 is 5.97 Å². The minimum atomic E-state index is -0.264. The van der Waals surface area contributed by atoms with E-state index in [1.54, 1.807) is 6.92 Å². The highest BCUT2D eigenvalue weighted by Gasteiger charge is 2.16. The number of esters is 1. The molecule has 0 radical (unpaired) electrons. The van der Waals surface area contributed by atoms with Crippen LogP contribution in [0.15, 0.2) is 59.8 Å². The van der Waals surface area contributed by atoms with Gasteiger partial charge in [0, 0.05) is 10.6 Å². The lowest BCUT2D eigenvalue weighted by Crippen LogP contribution is -2.09.